The number of amides is 1. The van der Waals surface area contributed by atoms with Crippen molar-refractivity contribution in [1.29, 1.82) is 0 Å². The number of primary amides is 1. The minimum absolute atomic E-state index is 0.128. The second-order valence-corrected chi connectivity index (χ2v) is 9.30. The van der Waals surface area contributed by atoms with Crippen LogP contribution in [-0.4, -0.2) is 30.2 Å². The highest BCUT2D eigenvalue weighted by Crippen LogP contribution is 2.60. The Bertz CT molecular complexity index is 1150. The van der Waals surface area contributed by atoms with E-state index in [1.165, 1.54) is 0 Å². The molecule has 0 aliphatic carbocycles. The Morgan fingerprint density at radius 2 is 2.19 bits per heavy atom. The monoisotopic (exact) mass is 450 g/mol. The first-order valence-corrected chi connectivity index (χ1v) is 11.3. The van der Waals surface area contributed by atoms with Gasteiger partial charge in [0, 0.05) is 30.6 Å². The van der Waals surface area contributed by atoms with Crippen LogP contribution in [0.3, 0.4) is 0 Å². The molecule has 32 heavy (non-hydrogen) atoms. The summed E-state index contributed by atoms with van der Waals surface area (Å²) in [6, 6.07) is 9.48. The summed E-state index contributed by atoms with van der Waals surface area (Å²) in [4.78, 5) is 22.2. The molecule has 1 aromatic carbocycles. The van der Waals surface area contributed by atoms with Gasteiger partial charge in [0.2, 0.25) is 0 Å². The summed E-state index contributed by atoms with van der Waals surface area (Å²) in [5.74, 6) is 1.08. The molecule has 1 amide bonds. The molecule has 168 valence electrons. The van der Waals surface area contributed by atoms with Crippen LogP contribution in [0.15, 0.2) is 47.1 Å². The Morgan fingerprint density at radius 1 is 1.38 bits per heavy atom. The van der Waals surface area contributed by atoms with Crippen LogP contribution in [0, 0.1) is 10.6 Å². The summed E-state index contributed by atoms with van der Waals surface area (Å²) < 4.78 is 0.724. The number of nitrogens with one attached hydrogen (secondary N) is 2. The van der Waals surface area contributed by atoms with E-state index in [0.717, 1.165) is 59.7 Å². The van der Waals surface area contributed by atoms with Gasteiger partial charge in [0.15, 0.2) is 0 Å². The lowest BCUT2D eigenvalue weighted by molar-refractivity contribution is 0.1000. The number of rotatable bonds is 8. The number of allylic oxidation sites excluding steroid dienone is 2. The maximum Gasteiger partial charge on any atom is 0.250 e. The van der Waals surface area contributed by atoms with Crippen molar-refractivity contribution in [2.45, 2.75) is 38.6 Å². The largest absolute Gasteiger partial charge is 0.402 e. The second kappa shape index (κ2) is 8.78. The van der Waals surface area contributed by atoms with Gasteiger partial charge in [-0.05, 0) is 69.4 Å². The van der Waals surface area contributed by atoms with Crippen LogP contribution in [0.5, 0.6) is 0 Å². The summed E-state index contributed by atoms with van der Waals surface area (Å²) in [5.41, 5.74) is 15.5. The summed E-state index contributed by atoms with van der Waals surface area (Å²) in [6.45, 7) is 5.87. The minimum atomic E-state index is -0.399. The number of aromatic nitrogens is 1. The number of anilines is 2. The molecule has 2 aliphatic rings. The van der Waals surface area contributed by atoms with Gasteiger partial charge < -0.3 is 26.7 Å². The first-order valence-electron chi connectivity index (χ1n) is 10.9. The van der Waals surface area contributed by atoms with Gasteiger partial charge in [-0.1, -0.05) is 18.3 Å². The SMILES string of the molecule is C/C(N)=C/C=Nc1ccc(C(N)=O)c2c1C1(C)CC(CCCNc3cccc(=S)[nH]3)CN21. The average Bonchev–Trinajstić information content (AvgIpc) is 3.01. The number of carbonyl (C=O) groups excluding carboxylic acids is 1. The number of aromatic amines is 1. The van der Waals surface area contributed by atoms with Crippen molar-refractivity contribution in [3.63, 3.8) is 0 Å². The Balaban J connectivity index is 1.46. The molecule has 8 heteroatoms. The number of carbonyl (C=O) groups is 1. The predicted octanol–water partition coefficient (Wildman–Crippen LogP) is 4.36. The first-order chi connectivity index (χ1) is 15.3. The molecule has 3 heterocycles. The fourth-order valence-electron chi connectivity index (χ4n) is 5.01. The smallest absolute Gasteiger partial charge is 0.250 e. The third-order valence-electron chi connectivity index (χ3n) is 6.38. The molecule has 1 aromatic heterocycles. The summed E-state index contributed by atoms with van der Waals surface area (Å²) in [6.07, 6.45) is 6.67. The van der Waals surface area contributed by atoms with Crippen molar-refractivity contribution >= 4 is 41.5 Å². The Hall–Kier alpha value is -3.13. The molecule has 1 saturated heterocycles. The molecule has 0 spiro atoms. The maximum atomic E-state index is 12.1. The molecule has 0 bridgehead atoms. The zero-order valence-corrected chi connectivity index (χ0v) is 19.3. The lowest BCUT2D eigenvalue weighted by Crippen LogP contribution is -2.49. The summed E-state index contributed by atoms with van der Waals surface area (Å²) in [7, 11) is 0. The fraction of sp³-hybridized carbons (Fsp3) is 0.375. The van der Waals surface area contributed by atoms with Gasteiger partial charge in [-0.15, -0.1) is 0 Å². The van der Waals surface area contributed by atoms with Crippen LogP contribution in [-0.2, 0) is 5.54 Å². The highest BCUT2D eigenvalue weighted by atomic mass is 32.1. The Morgan fingerprint density at radius 3 is 2.91 bits per heavy atom. The molecule has 2 aromatic rings. The zero-order chi connectivity index (χ0) is 22.9. The molecule has 0 radical (unpaired) electrons. The number of hydrogen-bond acceptors (Lipinski definition) is 6. The molecular weight excluding hydrogens is 420 g/mol. The van der Waals surface area contributed by atoms with Gasteiger partial charge >= 0.3 is 0 Å². The van der Waals surface area contributed by atoms with E-state index in [1.807, 2.05) is 31.2 Å². The number of pyridine rings is 1. The lowest BCUT2D eigenvalue weighted by atomic mass is 9.76. The number of nitrogens with zero attached hydrogens (tertiary/aromatic N) is 2. The van der Waals surface area contributed by atoms with Gasteiger partial charge in [0.05, 0.1) is 22.5 Å². The predicted molar refractivity (Wildman–Crippen MR) is 133 cm³/mol. The van der Waals surface area contributed by atoms with Crippen molar-refractivity contribution < 1.29 is 4.79 Å². The average molecular weight is 451 g/mol. The van der Waals surface area contributed by atoms with E-state index >= 15 is 0 Å². The van der Waals surface area contributed by atoms with E-state index in [0.29, 0.717) is 17.2 Å². The van der Waals surface area contributed by atoms with Gasteiger partial charge in [-0.3, -0.25) is 9.79 Å². The van der Waals surface area contributed by atoms with Gasteiger partial charge in [0.25, 0.3) is 5.91 Å². The topological polar surface area (TPSA) is 113 Å². The maximum absolute atomic E-state index is 12.1. The normalized spacial score (nSPS) is 21.9. The number of aliphatic imine (C=N–C) groups is 1. The van der Waals surface area contributed by atoms with Crippen molar-refractivity contribution in [1.82, 2.24) is 4.98 Å². The van der Waals surface area contributed by atoms with E-state index in [9.17, 15) is 4.79 Å². The van der Waals surface area contributed by atoms with E-state index in [2.05, 4.69) is 27.1 Å². The van der Waals surface area contributed by atoms with E-state index in [1.54, 1.807) is 18.4 Å². The summed E-state index contributed by atoms with van der Waals surface area (Å²) in [5, 5.41) is 3.41. The molecule has 2 atom stereocenters. The van der Waals surface area contributed by atoms with Crippen LogP contribution < -0.4 is 21.7 Å². The van der Waals surface area contributed by atoms with Crippen LogP contribution in [0.25, 0.3) is 0 Å². The number of hydrogen-bond donors (Lipinski definition) is 4. The third-order valence-corrected chi connectivity index (χ3v) is 6.61. The number of fused-ring (bicyclic) bond motifs is 4. The minimum Gasteiger partial charge on any atom is -0.402 e. The highest BCUT2D eigenvalue weighted by Gasteiger charge is 2.54. The van der Waals surface area contributed by atoms with Crippen LogP contribution >= 0.6 is 12.2 Å². The first kappa shape index (κ1) is 22.1. The van der Waals surface area contributed by atoms with Crippen molar-refractivity contribution in [2.75, 3.05) is 23.3 Å². The molecule has 2 unspecified atom stereocenters. The zero-order valence-electron chi connectivity index (χ0n) is 18.5. The summed E-state index contributed by atoms with van der Waals surface area (Å²) >= 11 is 5.17. The fourth-order valence-corrected chi connectivity index (χ4v) is 5.20. The molecule has 6 N–H and O–H groups in total. The Labute approximate surface area is 193 Å². The molecule has 7 nitrogen and oxygen atoms in total. The molecule has 1 fully saturated rings. The van der Waals surface area contributed by atoms with Gasteiger partial charge in [-0.2, -0.15) is 0 Å². The van der Waals surface area contributed by atoms with Crippen molar-refractivity contribution in [2.24, 2.45) is 22.4 Å². The van der Waals surface area contributed by atoms with Crippen molar-refractivity contribution in [3.05, 3.63) is 57.9 Å². The van der Waals surface area contributed by atoms with Gasteiger partial charge in [-0.25, -0.2) is 0 Å². The standard InChI is InChI=1S/C24H30N6OS/c1-15(25)10-12-27-18-9-8-17(23(26)31)22-21(18)24(2)13-16(14-30(22)24)5-4-11-28-19-6-3-7-20(32)29-19/h3,6-10,12,16H,4-5,11,13-14,25H2,1-2H3,(H2,26,31)(H2,28,29,32)/b15-10-,27-12?. The van der Waals surface area contributed by atoms with Crippen molar-refractivity contribution in [3.8, 4) is 0 Å². The van der Waals surface area contributed by atoms with Crippen LogP contribution in [0.4, 0.5) is 17.2 Å². The van der Waals surface area contributed by atoms with E-state index < -0.39 is 5.91 Å². The molecule has 4 rings (SSSR count). The Kier molecular flexibility index (Phi) is 6.06. The molecular formula is C24H30N6OS. The van der Waals surface area contributed by atoms with E-state index in [4.69, 9.17) is 23.7 Å². The lowest BCUT2D eigenvalue weighted by Gasteiger charge is -2.50. The third kappa shape index (κ3) is 4.14. The number of nitrogens with two attached hydrogens (primary N) is 2. The molecule has 2 aliphatic heterocycles. The highest BCUT2D eigenvalue weighted by molar-refractivity contribution is 7.71. The van der Waals surface area contributed by atoms with Gasteiger partial charge in [0.1, 0.15) is 10.5 Å². The van der Waals surface area contributed by atoms with E-state index in [-0.39, 0.29) is 5.54 Å². The number of H-pyrrole nitrogens is 1. The molecule has 0 saturated carbocycles. The van der Waals surface area contributed by atoms with Crippen LogP contribution in [0.1, 0.15) is 49.0 Å². The quantitative estimate of drug-likeness (QED) is 0.271. The number of benzene rings is 1. The van der Waals surface area contributed by atoms with Crippen LogP contribution in [0.2, 0.25) is 0 Å². The second-order valence-electron chi connectivity index (χ2n) is 8.86.